The fourth-order valence-electron chi connectivity index (χ4n) is 4.01. The number of hydrogen-bond acceptors (Lipinski definition) is 2. The molecule has 3 rings (SSSR count). The van der Waals surface area contributed by atoms with E-state index in [0.29, 0.717) is 5.69 Å². The highest BCUT2D eigenvalue weighted by molar-refractivity contribution is 5.91. The Hall–Kier alpha value is -2.55. The zero-order valence-corrected chi connectivity index (χ0v) is 18.0. The van der Waals surface area contributed by atoms with E-state index in [4.69, 9.17) is 4.74 Å². The number of unbranched alkanes of at least 4 members (excludes halogenated alkanes) is 5. The molecule has 0 saturated heterocycles. The number of aryl methyl sites for hydroxylation is 2. The SMILES string of the molecule is CCCCCCCCc1ccc(OC)c(-c2cc3ccc(CC)cn3c2C=O)c1. The molecule has 0 aliphatic heterocycles. The Balaban J connectivity index is 1.90. The summed E-state index contributed by atoms with van der Waals surface area (Å²) in [5.74, 6) is 0.811. The van der Waals surface area contributed by atoms with Gasteiger partial charge in [-0.05, 0) is 54.7 Å². The Bertz CT molecular complexity index is 955. The highest BCUT2D eigenvalue weighted by Gasteiger charge is 2.16. The monoisotopic (exact) mass is 391 g/mol. The first-order valence-electron chi connectivity index (χ1n) is 11.0. The molecule has 3 heteroatoms. The normalized spacial score (nSPS) is 11.1. The zero-order valence-electron chi connectivity index (χ0n) is 18.0. The van der Waals surface area contributed by atoms with Crippen LogP contribution in [-0.4, -0.2) is 17.8 Å². The average Bonchev–Trinajstić information content (AvgIpc) is 3.13. The Morgan fingerprint density at radius 3 is 2.38 bits per heavy atom. The number of carbonyl (C=O) groups excluding carboxylic acids is 1. The molecule has 0 amide bonds. The van der Waals surface area contributed by atoms with Gasteiger partial charge in [-0.2, -0.15) is 0 Å². The molecule has 1 aromatic carbocycles. The lowest BCUT2D eigenvalue weighted by molar-refractivity contribution is 0.111. The second kappa shape index (κ2) is 10.3. The number of pyridine rings is 1. The summed E-state index contributed by atoms with van der Waals surface area (Å²) in [5, 5.41) is 0. The molecule has 29 heavy (non-hydrogen) atoms. The van der Waals surface area contributed by atoms with Crippen molar-refractivity contribution >= 4 is 11.8 Å². The molecule has 2 aromatic heterocycles. The standard InChI is InChI=1S/C26H33NO2/c1-4-6-7-8-9-10-11-21-13-15-26(29-3)24(16-21)23-17-22-14-12-20(5-2)18-27(22)25(23)19-28/h12-19H,4-11H2,1-3H3. The van der Waals surface area contributed by atoms with Crippen molar-refractivity contribution in [1.82, 2.24) is 4.40 Å². The number of fused-ring (bicyclic) bond motifs is 1. The second-order valence-corrected chi connectivity index (χ2v) is 7.80. The molecular formula is C26H33NO2. The highest BCUT2D eigenvalue weighted by Crippen LogP contribution is 2.35. The quantitative estimate of drug-likeness (QED) is 0.263. The molecule has 0 atom stereocenters. The van der Waals surface area contributed by atoms with Gasteiger partial charge >= 0.3 is 0 Å². The van der Waals surface area contributed by atoms with Crippen LogP contribution in [0.2, 0.25) is 0 Å². The molecule has 0 fully saturated rings. The van der Waals surface area contributed by atoms with Crippen LogP contribution < -0.4 is 4.74 Å². The van der Waals surface area contributed by atoms with E-state index in [1.54, 1.807) is 7.11 Å². The van der Waals surface area contributed by atoms with Crippen molar-refractivity contribution in [2.24, 2.45) is 0 Å². The fourth-order valence-corrected chi connectivity index (χ4v) is 4.01. The Morgan fingerprint density at radius 1 is 0.897 bits per heavy atom. The van der Waals surface area contributed by atoms with Crippen LogP contribution in [0.5, 0.6) is 5.75 Å². The largest absolute Gasteiger partial charge is 0.496 e. The Kier molecular flexibility index (Phi) is 7.51. The van der Waals surface area contributed by atoms with Gasteiger partial charge in [0.1, 0.15) is 5.75 Å². The van der Waals surface area contributed by atoms with Crippen LogP contribution in [0.4, 0.5) is 0 Å². The van der Waals surface area contributed by atoms with Crippen LogP contribution >= 0.6 is 0 Å². The van der Waals surface area contributed by atoms with E-state index < -0.39 is 0 Å². The van der Waals surface area contributed by atoms with Crippen molar-refractivity contribution < 1.29 is 9.53 Å². The number of ether oxygens (including phenoxy) is 1. The first kappa shape index (κ1) is 21.2. The van der Waals surface area contributed by atoms with Crippen LogP contribution in [0.25, 0.3) is 16.6 Å². The maximum atomic E-state index is 12.0. The van der Waals surface area contributed by atoms with Crippen molar-refractivity contribution in [3.05, 3.63) is 59.4 Å². The zero-order chi connectivity index (χ0) is 20.6. The van der Waals surface area contributed by atoms with Crippen LogP contribution in [0, 0.1) is 0 Å². The van der Waals surface area contributed by atoms with Crippen LogP contribution in [0.3, 0.4) is 0 Å². The molecule has 2 heterocycles. The summed E-state index contributed by atoms with van der Waals surface area (Å²) in [5.41, 5.74) is 6.17. The number of methoxy groups -OCH3 is 1. The van der Waals surface area contributed by atoms with E-state index >= 15 is 0 Å². The molecule has 0 saturated carbocycles. The number of carbonyl (C=O) groups is 1. The third-order valence-electron chi connectivity index (χ3n) is 5.76. The molecule has 3 nitrogen and oxygen atoms in total. The lowest BCUT2D eigenvalue weighted by atomic mass is 9.98. The number of benzene rings is 1. The van der Waals surface area contributed by atoms with Crippen molar-refractivity contribution in [2.45, 2.75) is 65.2 Å². The summed E-state index contributed by atoms with van der Waals surface area (Å²) in [7, 11) is 1.69. The van der Waals surface area contributed by atoms with Gasteiger partial charge in [-0.15, -0.1) is 0 Å². The van der Waals surface area contributed by atoms with Crippen LogP contribution in [0.1, 0.15) is 74.0 Å². The lowest BCUT2D eigenvalue weighted by Gasteiger charge is -2.11. The summed E-state index contributed by atoms with van der Waals surface area (Å²) in [6.45, 7) is 4.38. The summed E-state index contributed by atoms with van der Waals surface area (Å²) in [4.78, 5) is 12.0. The maximum Gasteiger partial charge on any atom is 0.167 e. The first-order chi connectivity index (χ1) is 14.2. The van der Waals surface area contributed by atoms with Crippen LogP contribution in [-0.2, 0) is 12.8 Å². The Morgan fingerprint density at radius 2 is 1.66 bits per heavy atom. The van der Waals surface area contributed by atoms with E-state index in [0.717, 1.165) is 41.5 Å². The summed E-state index contributed by atoms with van der Waals surface area (Å²) >= 11 is 0. The van der Waals surface area contributed by atoms with Gasteiger partial charge in [0.2, 0.25) is 0 Å². The molecule has 0 spiro atoms. The molecule has 0 unspecified atom stereocenters. The minimum atomic E-state index is 0.685. The van der Waals surface area contributed by atoms with Gasteiger partial charge in [-0.3, -0.25) is 4.79 Å². The van der Waals surface area contributed by atoms with E-state index in [-0.39, 0.29) is 0 Å². The van der Waals surface area contributed by atoms with Crippen LogP contribution in [0.15, 0.2) is 42.6 Å². The third-order valence-corrected chi connectivity index (χ3v) is 5.76. The van der Waals surface area contributed by atoms with Gasteiger partial charge in [0.25, 0.3) is 0 Å². The summed E-state index contributed by atoms with van der Waals surface area (Å²) in [6.07, 6.45) is 12.8. The predicted molar refractivity (Wildman–Crippen MR) is 121 cm³/mol. The van der Waals surface area contributed by atoms with Gasteiger partial charge < -0.3 is 9.14 Å². The number of aromatic nitrogens is 1. The second-order valence-electron chi connectivity index (χ2n) is 7.80. The molecular weight excluding hydrogens is 358 g/mol. The summed E-state index contributed by atoms with van der Waals surface area (Å²) in [6, 6.07) is 12.7. The third kappa shape index (κ3) is 4.90. The lowest BCUT2D eigenvalue weighted by Crippen LogP contribution is -1.96. The molecule has 154 valence electrons. The number of aldehydes is 1. The van der Waals surface area contributed by atoms with Gasteiger partial charge in [-0.1, -0.05) is 58.1 Å². The Labute approximate surface area is 174 Å². The number of nitrogens with zero attached hydrogens (tertiary/aromatic N) is 1. The molecule has 3 aromatic rings. The van der Waals surface area contributed by atoms with Crippen molar-refractivity contribution in [1.29, 1.82) is 0 Å². The van der Waals surface area contributed by atoms with Gasteiger partial charge in [0.15, 0.2) is 6.29 Å². The average molecular weight is 392 g/mol. The molecule has 0 aliphatic carbocycles. The minimum absolute atomic E-state index is 0.685. The summed E-state index contributed by atoms with van der Waals surface area (Å²) < 4.78 is 7.64. The molecule has 0 N–H and O–H groups in total. The number of rotatable bonds is 11. The topological polar surface area (TPSA) is 30.7 Å². The predicted octanol–water partition coefficient (Wildman–Crippen LogP) is 6.89. The van der Waals surface area contributed by atoms with E-state index in [2.05, 4.69) is 50.4 Å². The van der Waals surface area contributed by atoms with Gasteiger partial charge in [0, 0.05) is 22.8 Å². The fraction of sp³-hybridized carbons (Fsp3) is 0.423. The van der Waals surface area contributed by atoms with Gasteiger partial charge in [0.05, 0.1) is 12.8 Å². The highest BCUT2D eigenvalue weighted by atomic mass is 16.5. The van der Waals surface area contributed by atoms with Crippen molar-refractivity contribution in [3.63, 3.8) is 0 Å². The number of hydrogen-bond donors (Lipinski definition) is 0. The molecule has 0 bridgehead atoms. The first-order valence-corrected chi connectivity index (χ1v) is 11.0. The molecule has 0 aliphatic rings. The maximum absolute atomic E-state index is 12.0. The van der Waals surface area contributed by atoms with E-state index in [9.17, 15) is 4.79 Å². The minimum Gasteiger partial charge on any atom is -0.496 e. The van der Waals surface area contributed by atoms with Crippen molar-refractivity contribution in [2.75, 3.05) is 7.11 Å². The smallest absolute Gasteiger partial charge is 0.167 e. The van der Waals surface area contributed by atoms with Gasteiger partial charge in [-0.25, -0.2) is 0 Å². The van der Waals surface area contributed by atoms with E-state index in [1.165, 1.54) is 49.7 Å². The van der Waals surface area contributed by atoms with Crippen molar-refractivity contribution in [3.8, 4) is 16.9 Å². The van der Waals surface area contributed by atoms with E-state index in [1.807, 2.05) is 10.5 Å². The molecule has 0 radical (unpaired) electrons.